The monoisotopic (exact) mass is 481 g/mol. The highest BCUT2D eigenvalue weighted by molar-refractivity contribution is 7.92. The first-order valence-corrected chi connectivity index (χ1v) is 10.3. The maximum absolute atomic E-state index is 12.8. The van der Waals surface area contributed by atoms with Crippen molar-refractivity contribution >= 4 is 32.4 Å². The number of sulfone groups is 1. The van der Waals surface area contributed by atoms with Gasteiger partial charge in [0.2, 0.25) is 5.13 Å². The van der Waals surface area contributed by atoms with Crippen LogP contribution in [0.4, 0.5) is 31.5 Å². The maximum atomic E-state index is 12.8. The third-order valence-corrected chi connectivity index (χ3v) is 5.92. The number of halogens is 6. The summed E-state index contributed by atoms with van der Waals surface area (Å²) in [6.45, 7) is 0. The number of alkyl halides is 6. The van der Waals surface area contributed by atoms with E-state index in [1.54, 1.807) is 0 Å². The van der Waals surface area contributed by atoms with E-state index in [4.69, 9.17) is 0 Å². The number of carbonyl (C=O) groups is 1. The third kappa shape index (κ3) is 4.85. The Labute approximate surface area is 174 Å². The first kappa shape index (κ1) is 22.7. The van der Waals surface area contributed by atoms with Gasteiger partial charge in [0, 0.05) is 22.7 Å². The molecular weight excluding hydrogens is 472 g/mol. The number of rotatable bonds is 4. The standard InChI is InChI=1S/C17H9F6N3O3S2/c18-16(19,20)11-5-1-3-9(7-11)13-24-15(30-26-13)25-14(27)10-4-2-6-12(8-10)31(28,29)17(21,22)23/h1-8H,(H,24,25,26,27). The van der Waals surface area contributed by atoms with Crippen LogP contribution in [-0.4, -0.2) is 29.2 Å². The topological polar surface area (TPSA) is 89.0 Å². The fourth-order valence-electron chi connectivity index (χ4n) is 2.33. The number of anilines is 1. The van der Waals surface area contributed by atoms with E-state index in [0.29, 0.717) is 23.7 Å². The van der Waals surface area contributed by atoms with E-state index in [2.05, 4.69) is 14.7 Å². The summed E-state index contributed by atoms with van der Waals surface area (Å²) in [6.07, 6.45) is -4.58. The Hall–Kier alpha value is -3.00. The highest BCUT2D eigenvalue weighted by Gasteiger charge is 2.47. The number of hydrogen-bond acceptors (Lipinski definition) is 6. The molecule has 1 heterocycles. The van der Waals surface area contributed by atoms with Gasteiger partial charge in [-0.3, -0.25) is 10.1 Å². The van der Waals surface area contributed by atoms with Crippen LogP contribution in [0, 0.1) is 0 Å². The number of nitrogens with one attached hydrogen (secondary N) is 1. The zero-order valence-electron chi connectivity index (χ0n) is 14.8. The van der Waals surface area contributed by atoms with Gasteiger partial charge in [0.05, 0.1) is 10.5 Å². The lowest BCUT2D eigenvalue weighted by molar-refractivity contribution is -0.137. The predicted molar refractivity (Wildman–Crippen MR) is 98.0 cm³/mol. The molecule has 14 heteroatoms. The molecule has 0 aliphatic heterocycles. The summed E-state index contributed by atoms with van der Waals surface area (Å²) in [6, 6.07) is 7.45. The zero-order chi connectivity index (χ0) is 23.0. The van der Waals surface area contributed by atoms with Gasteiger partial charge in [-0.05, 0) is 30.3 Å². The fraction of sp³-hybridized carbons (Fsp3) is 0.118. The largest absolute Gasteiger partial charge is 0.501 e. The molecule has 1 aromatic heterocycles. The van der Waals surface area contributed by atoms with Gasteiger partial charge in [-0.2, -0.15) is 35.7 Å². The summed E-state index contributed by atoms with van der Waals surface area (Å²) in [5, 5.41) is 2.07. The van der Waals surface area contributed by atoms with Crippen molar-refractivity contribution in [1.82, 2.24) is 9.36 Å². The summed E-state index contributed by atoms with van der Waals surface area (Å²) in [5.74, 6) is -1.09. The van der Waals surface area contributed by atoms with Crippen LogP contribution in [0.25, 0.3) is 11.4 Å². The van der Waals surface area contributed by atoms with Crippen molar-refractivity contribution in [2.75, 3.05) is 5.32 Å². The lowest BCUT2D eigenvalue weighted by atomic mass is 10.1. The van der Waals surface area contributed by atoms with Crippen LogP contribution < -0.4 is 5.32 Å². The Morgan fingerprint density at radius 2 is 1.65 bits per heavy atom. The predicted octanol–water partition coefficient (Wildman–Crippen LogP) is 4.77. The molecule has 0 unspecified atom stereocenters. The third-order valence-electron chi connectivity index (χ3n) is 3.81. The Morgan fingerprint density at radius 1 is 0.968 bits per heavy atom. The Bertz CT molecular complexity index is 1240. The van der Waals surface area contributed by atoms with Gasteiger partial charge < -0.3 is 0 Å². The van der Waals surface area contributed by atoms with Gasteiger partial charge in [-0.1, -0.05) is 18.2 Å². The second kappa shape index (κ2) is 7.92. The lowest BCUT2D eigenvalue weighted by Gasteiger charge is -2.09. The Balaban J connectivity index is 1.82. The fourth-order valence-corrected chi connectivity index (χ4v) is 3.73. The molecule has 1 amide bonds. The van der Waals surface area contributed by atoms with Crippen LogP contribution in [0.1, 0.15) is 15.9 Å². The highest BCUT2D eigenvalue weighted by atomic mass is 32.2. The van der Waals surface area contributed by atoms with Crippen molar-refractivity contribution in [2.45, 2.75) is 16.6 Å². The normalized spacial score (nSPS) is 12.6. The summed E-state index contributed by atoms with van der Waals surface area (Å²) in [5.41, 5.74) is -6.83. The second-order valence-electron chi connectivity index (χ2n) is 5.93. The molecule has 0 aliphatic rings. The minimum Gasteiger partial charge on any atom is -0.297 e. The minimum absolute atomic E-state index is 0.0323. The first-order chi connectivity index (χ1) is 14.3. The quantitative estimate of drug-likeness (QED) is 0.543. The van der Waals surface area contributed by atoms with E-state index in [-0.39, 0.29) is 16.5 Å². The van der Waals surface area contributed by atoms with Gasteiger partial charge in [0.25, 0.3) is 15.7 Å². The van der Waals surface area contributed by atoms with Crippen molar-refractivity contribution in [3.8, 4) is 11.4 Å². The number of amides is 1. The average molecular weight is 481 g/mol. The van der Waals surface area contributed by atoms with Crippen LogP contribution >= 0.6 is 11.5 Å². The van der Waals surface area contributed by atoms with Crippen LogP contribution in [0.5, 0.6) is 0 Å². The molecule has 164 valence electrons. The van der Waals surface area contributed by atoms with E-state index >= 15 is 0 Å². The molecule has 6 nitrogen and oxygen atoms in total. The zero-order valence-corrected chi connectivity index (χ0v) is 16.5. The summed E-state index contributed by atoms with van der Waals surface area (Å²) in [7, 11) is -5.65. The Kier molecular flexibility index (Phi) is 5.80. The molecular formula is C17H9F6N3O3S2. The van der Waals surface area contributed by atoms with Crippen molar-refractivity contribution in [3.63, 3.8) is 0 Å². The lowest BCUT2D eigenvalue weighted by Crippen LogP contribution is -2.23. The second-order valence-corrected chi connectivity index (χ2v) is 8.63. The number of aromatic nitrogens is 2. The van der Waals surface area contributed by atoms with E-state index in [1.165, 1.54) is 6.07 Å². The van der Waals surface area contributed by atoms with E-state index in [9.17, 15) is 39.6 Å². The number of nitrogens with zero attached hydrogens (tertiary/aromatic N) is 2. The molecule has 31 heavy (non-hydrogen) atoms. The molecule has 0 spiro atoms. The highest BCUT2D eigenvalue weighted by Crippen LogP contribution is 2.33. The summed E-state index contributed by atoms with van der Waals surface area (Å²) < 4.78 is 103. The maximum Gasteiger partial charge on any atom is 0.501 e. The molecule has 0 atom stereocenters. The number of hydrogen-bond donors (Lipinski definition) is 1. The van der Waals surface area contributed by atoms with Crippen molar-refractivity contribution in [2.24, 2.45) is 0 Å². The molecule has 3 rings (SSSR count). The van der Waals surface area contributed by atoms with Crippen molar-refractivity contribution in [3.05, 3.63) is 59.7 Å². The Morgan fingerprint density at radius 3 is 2.29 bits per heavy atom. The van der Waals surface area contributed by atoms with Gasteiger partial charge in [-0.15, -0.1) is 0 Å². The first-order valence-electron chi connectivity index (χ1n) is 8.03. The molecule has 0 fully saturated rings. The molecule has 0 saturated heterocycles. The van der Waals surface area contributed by atoms with Gasteiger partial charge in [0.15, 0.2) is 5.82 Å². The van der Waals surface area contributed by atoms with Gasteiger partial charge >= 0.3 is 11.7 Å². The van der Waals surface area contributed by atoms with E-state index < -0.39 is 43.5 Å². The van der Waals surface area contributed by atoms with Gasteiger partial charge in [0.1, 0.15) is 0 Å². The SMILES string of the molecule is O=C(Nc1nc(-c2cccc(C(F)(F)F)c2)ns1)c1cccc(S(=O)(=O)C(F)(F)F)c1. The van der Waals surface area contributed by atoms with Crippen LogP contribution in [0.15, 0.2) is 53.4 Å². The molecule has 0 radical (unpaired) electrons. The summed E-state index contributed by atoms with van der Waals surface area (Å²) in [4.78, 5) is 15.1. The average Bonchev–Trinajstić information content (AvgIpc) is 3.15. The van der Waals surface area contributed by atoms with Crippen LogP contribution in [0.2, 0.25) is 0 Å². The summed E-state index contributed by atoms with van der Waals surface area (Å²) >= 11 is 0.622. The number of benzene rings is 2. The molecule has 0 bridgehead atoms. The van der Waals surface area contributed by atoms with Crippen molar-refractivity contribution < 1.29 is 39.6 Å². The number of carbonyl (C=O) groups excluding carboxylic acids is 1. The molecule has 1 N–H and O–H groups in total. The van der Waals surface area contributed by atoms with E-state index in [1.807, 2.05) is 0 Å². The van der Waals surface area contributed by atoms with Crippen molar-refractivity contribution in [1.29, 1.82) is 0 Å². The smallest absolute Gasteiger partial charge is 0.297 e. The molecule has 0 aliphatic carbocycles. The molecule has 0 saturated carbocycles. The van der Waals surface area contributed by atoms with Gasteiger partial charge in [-0.25, -0.2) is 8.42 Å². The van der Waals surface area contributed by atoms with Crippen LogP contribution in [-0.2, 0) is 16.0 Å². The van der Waals surface area contributed by atoms with Crippen LogP contribution in [0.3, 0.4) is 0 Å². The minimum atomic E-state index is -5.65. The molecule has 2 aromatic carbocycles. The van der Waals surface area contributed by atoms with E-state index in [0.717, 1.165) is 30.3 Å². The molecule has 3 aromatic rings.